The second kappa shape index (κ2) is 13.7. The topological polar surface area (TPSA) is 37.3 Å². The third-order valence-electron chi connectivity index (χ3n) is 5.32. The number of carboxylic acids is 1. The summed E-state index contributed by atoms with van der Waals surface area (Å²) < 4.78 is 0. The summed E-state index contributed by atoms with van der Waals surface area (Å²) >= 11 is 0. The largest absolute Gasteiger partial charge is 0.481 e. The van der Waals surface area contributed by atoms with Crippen molar-refractivity contribution in [3.8, 4) is 0 Å². The van der Waals surface area contributed by atoms with E-state index in [0.29, 0.717) is 0 Å². The van der Waals surface area contributed by atoms with Crippen LogP contribution in [0.2, 0.25) is 0 Å². The highest BCUT2D eigenvalue weighted by atomic mass is 16.4. The first-order valence-electron chi connectivity index (χ1n) is 10.4. The molecule has 0 saturated carbocycles. The lowest BCUT2D eigenvalue weighted by molar-refractivity contribution is -0.142. The van der Waals surface area contributed by atoms with Gasteiger partial charge in [-0.2, -0.15) is 0 Å². The first-order chi connectivity index (χ1) is 11.2. The van der Waals surface area contributed by atoms with E-state index >= 15 is 0 Å². The van der Waals surface area contributed by atoms with Gasteiger partial charge in [0, 0.05) is 0 Å². The fraction of sp³-hybridized carbons (Fsp3) is 0.955. The van der Waals surface area contributed by atoms with Crippen LogP contribution in [0.4, 0.5) is 0 Å². The molecular weight excluding hydrogens is 296 g/mol. The molecule has 0 amide bonds. The Morgan fingerprint density at radius 3 is 1.29 bits per heavy atom. The van der Waals surface area contributed by atoms with E-state index in [0.717, 1.165) is 49.4 Å². The molecule has 0 fully saturated rings. The molecule has 0 aliphatic carbocycles. The van der Waals surface area contributed by atoms with E-state index in [1.54, 1.807) is 0 Å². The first-order valence-corrected chi connectivity index (χ1v) is 10.4. The third kappa shape index (κ3) is 13.9. The van der Waals surface area contributed by atoms with E-state index in [-0.39, 0.29) is 5.92 Å². The predicted molar refractivity (Wildman–Crippen MR) is 105 cm³/mol. The lowest BCUT2D eigenvalue weighted by atomic mass is 9.89. The molecule has 0 rings (SSSR count). The molecule has 0 saturated heterocycles. The van der Waals surface area contributed by atoms with Crippen molar-refractivity contribution in [2.45, 2.75) is 106 Å². The minimum atomic E-state index is -0.584. The monoisotopic (exact) mass is 340 g/mol. The molecule has 2 atom stereocenters. The van der Waals surface area contributed by atoms with Gasteiger partial charge in [0.2, 0.25) is 0 Å². The fourth-order valence-electron chi connectivity index (χ4n) is 3.34. The van der Waals surface area contributed by atoms with Crippen LogP contribution in [0, 0.1) is 29.6 Å². The highest BCUT2D eigenvalue weighted by Gasteiger charge is 2.18. The summed E-state index contributed by atoms with van der Waals surface area (Å²) in [4.78, 5) is 11.5. The van der Waals surface area contributed by atoms with Crippen molar-refractivity contribution < 1.29 is 9.90 Å². The summed E-state index contributed by atoms with van der Waals surface area (Å²) in [5.41, 5.74) is 0. The number of aliphatic carboxylic acids is 1. The first kappa shape index (κ1) is 23.5. The van der Waals surface area contributed by atoms with Crippen LogP contribution in [0.25, 0.3) is 0 Å². The minimum Gasteiger partial charge on any atom is -0.481 e. The smallest absolute Gasteiger partial charge is 0.306 e. The van der Waals surface area contributed by atoms with Gasteiger partial charge >= 0.3 is 5.97 Å². The Morgan fingerprint density at radius 2 is 1.00 bits per heavy atom. The average molecular weight is 341 g/mol. The van der Waals surface area contributed by atoms with Crippen LogP contribution in [-0.4, -0.2) is 11.1 Å². The van der Waals surface area contributed by atoms with Crippen LogP contribution in [0.15, 0.2) is 0 Å². The van der Waals surface area contributed by atoms with Gasteiger partial charge in [0.25, 0.3) is 0 Å². The highest BCUT2D eigenvalue weighted by molar-refractivity contribution is 5.69. The highest BCUT2D eigenvalue weighted by Crippen LogP contribution is 2.24. The quantitative estimate of drug-likeness (QED) is 0.343. The number of hydrogen-bond donors (Lipinski definition) is 1. The molecule has 0 radical (unpaired) electrons. The normalized spacial score (nSPS) is 15.7. The maximum Gasteiger partial charge on any atom is 0.306 e. The van der Waals surface area contributed by atoms with Gasteiger partial charge in [-0.25, -0.2) is 0 Å². The molecule has 0 aliphatic heterocycles. The standard InChI is InChI=1S/C22H44O2/c1-17(2)13-15-19(5)9-7-11-21(22(23)24)12-8-10-20(6)16-14-18(3)4/h17-21H,7-16H2,1-6H3,(H,23,24). The summed E-state index contributed by atoms with van der Waals surface area (Å²) in [7, 11) is 0. The molecule has 0 aromatic rings. The lowest BCUT2D eigenvalue weighted by Crippen LogP contribution is -2.14. The Labute approximate surface area is 151 Å². The zero-order valence-electron chi connectivity index (χ0n) is 17.3. The van der Waals surface area contributed by atoms with E-state index < -0.39 is 5.97 Å². The maximum absolute atomic E-state index is 11.5. The van der Waals surface area contributed by atoms with Crippen molar-refractivity contribution in [3.63, 3.8) is 0 Å². The van der Waals surface area contributed by atoms with Crippen molar-refractivity contribution >= 4 is 5.97 Å². The van der Waals surface area contributed by atoms with Gasteiger partial charge in [-0.15, -0.1) is 0 Å². The van der Waals surface area contributed by atoms with E-state index in [1.165, 1.54) is 38.5 Å². The molecule has 1 N–H and O–H groups in total. The summed E-state index contributed by atoms with van der Waals surface area (Å²) in [6, 6.07) is 0. The Balaban J connectivity index is 3.91. The zero-order chi connectivity index (χ0) is 18.5. The Bertz CT molecular complexity index is 285. The Kier molecular flexibility index (Phi) is 13.4. The fourth-order valence-corrected chi connectivity index (χ4v) is 3.34. The van der Waals surface area contributed by atoms with E-state index in [2.05, 4.69) is 41.5 Å². The van der Waals surface area contributed by atoms with Crippen LogP contribution >= 0.6 is 0 Å². The van der Waals surface area contributed by atoms with Gasteiger partial charge in [0.1, 0.15) is 0 Å². The SMILES string of the molecule is CC(C)CCC(C)CCCC(CCCC(C)CCC(C)C)C(=O)O. The van der Waals surface area contributed by atoms with Crippen molar-refractivity contribution in [1.29, 1.82) is 0 Å². The van der Waals surface area contributed by atoms with Gasteiger partial charge in [-0.1, -0.05) is 92.9 Å². The van der Waals surface area contributed by atoms with Crippen molar-refractivity contribution in [2.24, 2.45) is 29.6 Å². The average Bonchev–Trinajstić information content (AvgIpc) is 2.49. The molecule has 0 spiro atoms. The van der Waals surface area contributed by atoms with Crippen LogP contribution in [0.1, 0.15) is 106 Å². The van der Waals surface area contributed by atoms with Gasteiger partial charge in [0.05, 0.1) is 5.92 Å². The Hall–Kier alpha value is -0.530. The van der Waals surface area contributed by atoms with Crippen LogP contribution in [-0.2, 0) is 4.79 Å². The van der Waals surface area contributed by atoms with Gasteiger partial charge in [-0.05, 0) is 36.5 Å². The van der Waals surface area contributed by atoms with E-state index in [9.17, 15) is 9.90 Å². The summed E-state index contributed by atoms with van der Waals surface area (Å²) in [6.45, 7) is 13.7. The molecule has 0 bridgehead atoms. The molecule has 2 heteroatoms. The Morgan fingerprint density at radius 1 is 0.625 bits per heavy atom. The molecule has 24 heavy (non-hydrogen) atoms. The maximum atomic E-state index is 11.5. The molecule has 0 heterocycles. The van der Waals surface area contributed by atoms with Gasteiger partial charge in [0.15, 0.2) is 0 Å². The second-order valence-electron chi connectivity index (χ2n) is 9.05. The number of carboxylic acid groups (broad SMARTS) is 1. The van der Waals surface area contributed by atoms with Crippen LogP contribution in [0.5, 0.6) is 0 Å². The molecule has 144 valence electrons. The lowest BCUT2D eigenvalue weighted by Gasteiger charge is -2.17. The van der Waals surface area contributed by atoms with Crippen LogP contribution < -0.4 is 0 Å². The molecule has 2 nitrogen and oxygen atoms in total. The molecule has 2 unspecified atom stereocenters. The number of rotatable bonds is 15. The summed E-state index contributed by atoms with van der Waals surface area (Å²) in [6.07, 6.45) is 11.4. The van der Waals surface area contributed by atoms with E-state index in [4.69, 9.17) is 0 Å². The van der Waals surface area contributed by atoms with Crippen molar-refractivity contribution in [2.75, 3.05) is 0 Å². The van der Waals surface area contributed by atoms with Crippen LogP contribution in [0.3, 0.4) is 0 Å². The van der Waals surface area contributed by atoms with Gasteiger partial charge in [-0.3, -0.25) is 4.79 Å². The number of hydrogen-bond acceptors (Lipinski definition) is 1. The minimum absolute atomic E-state index is 0.125. The van der Waals surface area contributed by atoms with E-state index in [1.807, 2.05) is 0 Å². The predicted octanol–water partition coefficient (Wildman–Crippen LogP) is 7.17. The van der Waals surface area contributed by atoms with Crippen molar-refractivity contribution in [3.05, 3.63) is 0 Å². The molecule has 0 aromatic heterocycles. The summed E-state index contributed by atoms with van der Waals surface area (Å²) in [5, 5.41) is 9.46. The van der Waals surface area contributed by atoms with Crippen molar-refractivity contribution in [1.82, 2.24) is 0 Å². The third-order valence-corrected chi connectivity index (χ3v) is 5.32. The van der Waals surface area contributed by atoms with Gasteiger partial charge < -0.3 is 5.11 Å². The molecule has 0 aliphatic rings. The summed E-state index contributed by atoms with van der Waals surface area (Å²) in [5.74, 6) is 2.31. The second-order valence-corrected chi connectivity index (χ2v) is 9.05. The zero-order valence-corrected chi connectivity index (χ0v) is 17.3. The molecular formula is C22H44O2. The molecule has 0 aromatic carbocycles. The number of carbonyl (C=O) groups is 1.